The first-order chi connectivity index (χ1) is 13.7. The Balaban J connectivity index is 1.62. The van der Waals surface area contributed by atoms with E-state index < -0.39 is 0 Å². The van der Waals surface area contributed by atoms with Crippen molar-refractivity contribution in [3.05, 3.63) is 76.6 Å². The van der Waals surface area contributed by atoms with Crippen LogP contribution in [0.3, 0.4) is 0 Å². The molecule has 0 atom stereocenters. The van der Waals surface area contributed by atoms with Gasteiger partial charge >= 0.3 is 0 Å². The van der Waals surface area contributed by atoms with Gasteiger partial charge in [-0.1, -0.05) is 41.6 Å². The van der Waals surface area contributed by atoms with Crippen molar-refractivity contribution in [3.8, 4) is 28.8 Å². The molecule has 0 fully saturated rings. The average molecular weight is 370 g/mol. The first-order valence-electron chi connectivity index (χ1n) is 8.65. The van der Waals surface area contributed by atoms with Crippen molar-refractivity contribution in [1.82, 2.24) is 30.1 Å². The number of aromatic nitrogens is 6. The van der Waals surface area contributed by atoms with E-state index in [-0.39, 0.29) is 17.0 Å². The van der Waals surface area contributed by atoms with Gasteiger partial charge in [-0.25, -0.2) is 4.68 Å². The van der Waals surface area contributed by atoms with Gasteiger partial charge in [0, 0.05) is 17.1 Å². The van der Waals surface area contributed by atoms with E-state index in [0.717, 1.165) is 16.6 Å². The zero-order valence-corrected chi connectivity index (χ0v) is 14.8. The van der Waals surface area contributed by atoms with E-state index in [1.54, 1.807) is 4.68 Å². The van der Waals surface area contributed by atoms with Gasteiger partial charge in [0.15, 0.2) is 5.69 Å². The normalized spacial score (nSPS) is 11.2. The summed E-state index contributed by atoms with van der Waals surface area (Å²) in [6.07, 6.45) is 0. The van der Waals surface area contributed by atoms with Gasteiger partial charge in [0.05, 0.1) is 11.2 Å². The molecule has 28 heavy (non-hydrogen) atoms. The monoisotopic (exact) mass is 370 g/mol. The molecule has 0 amide bonds. The number of H-pyrrole nitrogens is 1. The van der Waals surface area contributed by atoms with Gasteiger partial charge in [-0.3, -0.25) is 9.89 Å². The Morgan fingerprint density at radius 2 is 1.79 bits per heavy atom. The molecule has 0 aliphatic heterocycles. The third kappa shape index (κ3) is 2.59. The molecule has 5 rings (SSSR count). The Morgan fingerprint density at radius 3 is 2.64 bits per heavy atom. The first-order valence-corrected chi connectivity index (χ1v) is 8.65. The molecule has 0 bridgehead atoms. The predicted octanol–water partition coefficient (Wildman–Crippen LogP) is 3.13. The molecule has 1 N–H and O–H groups in total. The van der Waals surface area contributed by atoms with Crippen LogP contribution < -0.4 is 5.43 Å². The van der Waals surface area contributed by atoms with Crippen LogP contribution in [0.2, 0.25) is 0 Å². The number of aryl methyl sites for hydroxylation is 1. The van der Waals surface area contributed by atoms with E-state index in [4.69, 9.17) is 4.52 Å². The molecule has 0 unspecified atom stereocenters. The summed E-state index contributed by atoms with van der Waals surface area (Å²) >= 11 is 0. The second kappa shape index (κ2) is 6.27. The van der Waals surface area contributed by atoms with E-state index in [2.05, 4.69) is 25.4 Å². The van der Waals surface area contributed by atoms with E-state index in [1.807, 2.05) is 61.5 Å². The molecular weight excluding hydrogens is 356 g/mol. The maximum absolute atomic E-state index is 12.5. The highest BCUT2D eigenvalue weighted by Gasteiger charge is 2.19. The maximum Gasteiger partial charge on any atom is 0.282 e. The van der Waals surface area contributed by atoms with Crippen LogP contribution in [0.25, 0.3) is 39.7 Å². The smallest absolute Gasteiger partial charge is 0.282 e. The fourth-order valence-corrected chi connectivity index (χ4v) is 3.08. The van der Waals surface area contributed by atoms with Crippen LogP contribution in [-0.4, -0.2) is 30.1 Å². The Kier molecular flexibility index (Phi) is 3.61. The Hall–Kier alpha value is -4.07. The number of hydrogen-bond acceptors (Lipinski definition) is 6. The van der Waals surface area contributed by atoms with Gasteiger partial charge in [0.1, 0.15) is 5.69 Å². The zero-order chi connectivity index (χ0) is 19.1. The molecule has 0 radical (unpaired) electrons. The van der Waals surface area contributed by atoms with Crippen LogP contribution >= 0.6 is 0 Å². The standard InChI is InChI=1S/C20H14N6O2/c1-12-11-16(27)18(24-26(12)13-7-3-2-4-8-13)20-21-19(25-28-20)17-14-9-5-6-10-15(14)22-23-17/h2-11H,1H3,(H,22,23). The van der Waals surface area contributed by atoms with Crippen LogP contribution in [0, 0.1) is 6.92 Å². The summed E-state index contributed by atoms with van der Waals surface area (Å²) in [6, 6.07) is 18.7. The third-order valence-corrected chi connectivity index (χ3v) is 4.42. The van der Waals surface area contributed by atoms with E-state index >= 15 is 0 Å². The molecule has 8 nitrogen and oxygen atoms in total. The van der Waals surface area contributed by atoms with Crippen LogP contribution in [-0.2, 0) is 0 Å². The lowest BCUT2D eigenvalue weighted by Crippen LogP contribution is -2.16. The lowest BCUT2D eigenvalue weighted by Gasteiger charge is -2.09. The molecule has 8 heteroatoms. The molecule has 3 aromatic heterocycles. The number of rotatable bonds is 3. The van der Waals surface area contributed by atoms with Crippen molar-refractivity contribution in [2.45, 2.75) is 6.92 Å². The number of hydrogen-bond donors (Lipinski definition) is 1. The first kappa shape index (κ1) is 16.1. The summed E-state index contributed by atoms with van der Waals surface area (Å²) in [4.78, 5) is 16.9. The second-order valence-corrected chi connectivity index (χ2v) is 6.29. The van der Waals surface area contributed by atoms with Crippen molar-refractivity contribution >= 4 is 10.9 Å². The summed E-state index contributed by atoms with van der Waals surface area (Å²) < 4.78 is 7.02. The molecule has 0 saturated carbocycles. The summed E-state index contributed by atoms with van der Waals surface area (Å²) in [7, 11) is 0. The molecule has 0 aliphatic rings. The minimum atomic E-state index is -0.285. The van der Waals surface area contributed by atoms with Gasteiger partial charge in [0.2, 0.25) is 11.3 Å². The molecule has 136 valence electrons. The minimum Gasteiger partial charge on any atom is -0.332 e. The average Bonchev–Trinajstić information content (AvgIpc) is 3.35. The van der Waals surface area contributed by atoms with Gasteiger partial charge in [-0.15, -0.1) is 0 Å². The van der Waals surface area contributed by atoms with Crippen LogP contribution in [0.15, 0.2) is 70.0 Å². The Labute approximate surface area is 158 Å². The van der Waals surface area contributed by atoms with Crippen molar-refractivity contribution < 1.29 is 4.52 Å². The molecule has 2 aromatic carbocycles. The predicted molar refractivity (Wildman–Crippen MR) is 103 cm³/mol. The zero-order valence-electron chi connectivity index (χ0n) is 14.8. The van der Waals surface area contributed by atoms with Crippen LogP contribution in [0.4, 0.5) is 0 Å². The highest BCUT2D eigenvalue weighted by molar-refractivity contribution is 5.91. The van der Waals surface area contributed by atoms with E-state index in [1.165, 1.54) is 6.07 Å². The molecule has 3 heterocycles. The summed E-state index contributed by atoms with van der Waals surface area (Å²) in [5.74, 6) is 0.345. The third-order valence-electron chi connectivity index (χ3n) is 4.42. The number of benzene rings is 2. The molecule has 5 aromatic rings. The second-order valence-electron chi connectivity index (χ2n) is 6.29. The summed E-state index contributed by atoms with van der Waals surface area (Å²) in [5.41, 5.74) is 2.77. The fourth-order valence-electron chi connectivity index (χ4n) is 3.08. The van der Waals surface area contributed by atoms with Crippen molar-refractivity contribution in [2.75, 3.05) is 0 Å². The van der Waals surface area contributed by atoms with E-state index in [0.29, 0.717) is 17.2 Å². The summed E-state index contributed by atoms with van der Waals surface area (Å²) in [6.45, 7) is 1.82. The topological polar surface area (TPSA) is 102 Å². The Morgan fingerprint density at radius 1 is 1.00 bits per heavy atom. The van der Waals surface area contributed by atoms with Crippen LogP contribution in [0.5, 0.6) is 0 Å². The number of nitrogens with one attached hydrogen (secondary N) is 1. The van der Waals surface area contributed by atoms with E-state index in [9.17, 15) is 4.79 Å². The van der Waals surface area contributed by atoms with Gasteiger partial charge in [-0.05, 0) is 25.1 Å². The minimum absolute atomic E-state index is 0.0526. The molecular formula is C20H14N6O2. The highest BCUT2D eigenvalue weighted by atomic mass is 16.5. The van der Waals surface area contributed by atoms with Gasteiger partial charge < -0.3 is 4.52 Å². The quantitative estimate of drug-likeness (QED) is 0.523. The SMILES string of the molecule is Cc1cc(=O)c(-c2nc(-c3n[nH]c4ccccc34)no2)nn1-c1ccccc1. The maximum atomic E-state index is 12.5. The largest absolute Gasteiger partial charge is 0.332 e. The van der Waals surface area contributed by atoms with Crippen molar-refractivity contribution in [3.63, 3.8) is 0 Å². The Bertz CT molecular complexity index is 1350. The lowest BCUT2D eigenvalue weighted by molar-refractivity contribution is 0.429. The molecule has 0 saturated heterocycles. The summed E-state index contributed by atoms with van der Waals surface area (Å²) in [5, 5.41) is 16.5. The van der Waals surface area contributed by atoms with Crippen molar-refractivity contribution in [2.24, 2.45) is 0 Å². The number of fused-ring (bicyclic) bond motifs is 1. The van der Waals surface area contributed by atoms with Gasteiger partial charge in [0.25, 0.3) is 5.89 Å². The number of nitrogens with zero attached hydrogens (tertiary/aromatic N) is 5. The van der Waals surface area contributed by atoms with Gasteiger partial charge in [-0.2, -0.15) is 15.2 Å². The number of para-hydroxylation sites is 2. The number of aromatic amines is 1. The fraction of sp³-hybridized carbons (Fsp3) is 0.0500. The lowest BCUT2D eigenvalue weighted by atomic mass is 10.2. The molecule has 0 spiro atoms. The van der Waals surface area contributed by atoms with Crippen molar-refractivity contribution in [1.29, 1.82) is 0 Å². The molecule has 0 aliphatic carbocycles. The highest BCUT2D eigenvalue weighted by Crippen LogP contribution is 2.25. The van der Waals surface area contributed by atoms with Crippen LogP contribution in [0.1, 0.15) is 5.69 Å².